The zero-order chi connectivity index (χ0) is 17.1. The molecule has 1 N–H and O–H groups in total. The number of nitrogens with zero attached hydrogens (tertiary/aromatic N) is 1. The molecule has 1 aliphatic carbocycles. The normalized spacial score (nSPS) is 16.2. The molecule has 0 unspecified atom stereocenters. The molecule has 0 bridgehead atoms. The highest BCUT2D eigenvalue weighted by atomic mass is 14.9. The van der Waals surface area contributed by atoms with E-state index < -0.39 is 0 Å². The number of anilines is 1. The van der Waals surface area contributed by atoms with Crippen molar-refractivity contribution in [2.45, 2.75) is 47.0 Å². The van der Waals surface area contributed by atoms with Crippen LogP contribution in [0.15, 0.2) is 53.2 Å². The Balaban J connectivity index is 1.90. The van der Waals surface area contributed by atoms with E-state index in [1.54, 1.807) is 0 Å². The first kappa shape index (κ1) is 16.5. The fourth-order valence-corrected chi connectivity index (χ4v) is 3.29. The van der Waals surface area contributed by atoms with Crippen LogP contribution in [0.25, 0.3) is 0 Å². The largest absolute Gasteiger partial charge is 0.358 e. The van der Waals surface area contributed by atoms with Crippen LogP contribution in [0.3, 0.4) is 0 Å². The Kier molecular flexibility index (Phi) is 4.84. The lowest BCUT2D eigenvalue weighted by Crippen LogP contribution is -2.11. The predicted octanol–water partition coefficient (Wildman–Crippen LogP) is 6.17. The summed E-state index contributed by atoms with van der Waals surface area (Å²) in [5, 5.41) is 3.64. The number of nitrogens with one attached hydrogen (secondary N) is 1. The van der Waals surface area contributed by atoms with Gasteiger partial charge in [0.05, 0.1) is 5.69 Å². The highest BCUT2D eigenvalue weighted by molar-refractivity contribution is 5.98. The van der Waals surface area contributed by atoms with E-state index in [1.165, 1.54) is 39.3 Å². The van der Waals surface area contributed by atoms with Crippen molar-refractivity contribution in [3.05, 3.63) is 70.4 Å². The minimum atomic E-state index is 1.05. The molecule has 0 heterocycles. The molecule has 0 amide bonds. The molecule has 2 heteroatoms. The molecule has 124 valence electrons. The molecule has 0 aliphatic heterocycles. The first-order valence-corrected chi connectivity index (χ1v) is 8.72. The number of para-hydroxylation sites is 2. The number of allylic oxidation sites excluding steroid dienone is 2. The smallest absolute Gasteiger partial charge is 0.0691 e. The lowest BCUT2D eigenvalue weighted by Gasteiger charge is -2.19. The lowest BCUT2D eigenvalue weighted by molar-refractivity contribution is 0.839. The van der Waals surface area contributed by atoms with Crippen molar-refractivity contribution in [1.29, 1.82) is 0 Å². The molecule has 2 nitrogen and oxygen atoms in total. The molecular weight excluding hydrogens is 292 g/mol. The summed E-state index contributed by atoms with van der Waals surface area (Å²) < 4.78 is 0. The van der Waals surface area contributed by atoms with Gasteiger partial charge in [0.2, 0.25) is 0 Å². The molecule has 24 heavy (non-hydrogen) atoms. The predicted molar refractivity (Wildman–Crippen MR) is 104 cm³/mol. The SMILES string of the molecule is Cc1cccc(C)c1/N=C1/C=C(Nc2c(C)cccc2C)CCC1. The van der Waals surface area contributed by atoms with Gasteiger partial charge >= 0.3 is 0 Å². The molecule has 0 spiro atoms. The van der Waals surface area contributed by atoms with Gasteiger partial charge in [0.1, 0.15) is 0 Å². The van der Waals surface area contributed by atoms with Crippen molar-refractivity contribution >= 4 is 17.1 Å². The van der Waals surface area contributed by atoms with Crippen LogP contribution in [0.4, 0.5) is 11.4 Å². The Hall–Kier alpha value is -2.35. The number of rotatable bonds is 3. The maximum atomic E-state index is 4.95. The summed E-state index contributed by atoms with van der Waals surface area (Å²) in [6.45, 7) is 8.58. The van der Waals surface area contributed by atoms with E-state index in [0.717, 1.165) is 24.9 Å². The van der Waals surface area contributed by atoms with Gasteiger partial charge in [-0.2, -0.15) is 0 Å². The first-order valence-electron chi connectivity index (χ1n) is 8.72. The maximum Gasteiger partial charge on any atom is 0.0691 e. The Labute approximate surface area is 145 Å². The van der Waals surface area contributed by atoms with Crippen LogP contribution in [0.5, 0.6) is 0 Å². The van der Waals surface area contributed by atoms with Crippen LogP contribution in [-0.4, -0.2) is 5.71 Å². The summed E-state index contributed by atoms with van der Waals surface area (Å²) in [4.78, 5) is 4.95. The van der Waals surface area contributed by atoms with Gasteiger partial charge in [0, 0.05) is 17.1 Å². The number of hydrogen-bond acceptors (Lipinski definition) is 2. The zero-order valence-corrected chi connectivity index (χ0v) is 15.1. The third kappa shape index (κ3) is 3.59. The molecule has 2 aromatic rings. The topological polar surface area (TPSA) is 24.4 Å². The van der Waals surface area contributed by atoms with Gasteiger partial charge in [-0.1, -0.05) is 36.4 Å². The van der Waals surface area contributed by atoms with E-state index in [0.29, 0.717) is 0 Å². The van der Waals surface area contributed by atoms with Gasteiger partial charge < -0.3 is 5.32 Å². The molecule has 0 fully saturated rings. The van der Waals surface area contributed by atoms with Crippen LogP contribution in [0, 0.1) is 27.7 Å². The van der Waals surface area contributed by atoms with Gasteiger partial charge in [-0.05, 0) is 75.3 Å². The fourth-order valence-electron chi connectivity index (χ4n) is 3.29. The lowest BCUT2D eigenvalue weighted by atomic mass is 10.0. The number of aryl methyl sites for hydroxylation is 4. The summed E-state index contributed by atoms with van der Waals surface area (Å²) in [7, 11) is 0. The highest BCUT2D eigenvalue weighted by Crippen LogP contribution is 2.28. The second-order valence-electron chi connectivity index (χ2n) is 6.76. The first-order chi connectivity index (χ1) is 11.5. The number of aliphatic imine (C=N–C) groups is 1. The molecule has 0 radical (unpaired) electrons. The number of hydrogen-bond donors (Lipinski definition) is 1. The standard InChI is InChI=1S/C22H26N2/c1-15-8-5-9-16(2)21(15)23-19-12-7-13-20(14-19)24-22-17(3)10-6-11-18(22)4/h5-6,8-11,14,23H,7,12-13H2,1-4H3/b24-20+. The molecule has 0 aromatic heterocycles. The molecule has 1 aliphatic rings. The fraction of sp³-hybridized carbons (Fsp3) is 0.318. The van der Waals surface area contributed by atoms with E-state index in [1.807, 2.05) is 0 Å². The van der Waals surface area contributed by atoms with Crippen molar-refractivity contribution in [2.75, 3.05) is 5.32 Å². The van der Waals surface area contributed by atoms with Crippen LogP contribution in [-0.2, 0) is 0 Å². The second kappa shape index (κ2) is 7.04. The molecular formula is C22H26N2. The third-order valence-corrected chi connectivity index (χ3v) is 4.68. The molecule has 3 rings (SSSR count). The number of benzene rings is 2. The van der Waals surface area contributed by atoms with Crippen LogP contribution in [0.1, 0.15) is 41.5 Å². The van der Waals surface area contributed by atoms with Gasteiger partial charge in [-0.25, -0.2) is 0 Å². The van der Waals surface area contributed by atoms with Gasteiger partial charge in [-0.3, -0.25) is 4.99 Å². The van der Waals surface area contributed by atoms with Crippen molar-refractivity contribution in [3.63, 3.8) is 0 Å². The Morgan fingerprint density at radius 1 is 0.792 bits per heavy atom. The minimum Gasteiger partial charge on any atom is -0.358 e. The molecule has 2 aromatic carbocycles. The van der Waals surface area contributed by atoms with Crippen LogP contribution in [0.2, 0.25) is 0 Å². The summed E-state index contributed by atoms with van der Waals surface area (Å²) in [5.41, 5.74) is 9.85. The third-order valence-electron chi connectivity index (χ3n) is 4.68. The molecule has 0 saturated carbocycles. The Morgan fingerprint density at radius 2 is 1.38 bits per heavy atom. The van der Waals surface area contributed by atoms with Crippen LogP contribution >= 0.6 is 0 Å². The van der Waals surface area contributed by atoms with Gasteiger partial charge in [-0.15, -0.1) is 0 Å². The quantitative estimate of drug-likeness (QED) is 0.718. The van der Waals surface area contributed by atoms with Crippen molar-refractivity contribution in [1.82, 2.24) is 0 Å². The van der Waals surface area contributed by atoms with Crippen molar-refractivity contribution in [2.24, 2.45) is 4.99 Å². The summed E-state index contributed by atoms with van der Waals surface area (Å²) in [6.07, 6.45) is 5.51. The summed E-state index contributed by atoms with van der Waals surface area (Å²) in [5.74, 6) is 0. The van der Waals surface area contributed by atoms with E-state index in [4.69, 9.17) is 4.99 Å². The zero-order valence-electron chi connectivity index (χ0n) is 15.1. The molecule has 0 saturated heterocycles. The van der Waals surface area contributed by atoms with E-state index in [2.05, 4.69) is 75.5 Å². The Bertz CT molecular complexity index is 772. The average molecular weight is 318 g/mol. The van der Waals surface area contributed by atoms with E-state index in [9.17, 15) is 0 Å². The highest BCUT2D eigenvalue weighted by Gasteiger charge is 2.12. The summed E-state index contributed by atoms with van der Waals surface area (Å²) >= 11 is 0. The van der Waals surface area contributed by atoms with Crippen LogP contribution < -0.4 is 5.32 Å². The maximum absolute atomic E-state index is 4.95. The van der Waals surface area contributed by atoms with Crippen molar-refractivity contribution in [3.8, 4) is 0 Å². The summed E-state index contributed by atoms with van der Waals surface area (Å²) in [6, 6.07) is 12.8. The molecule has 0 atom stereocenters. The van der Waals surface area contributed by atoms with Crippen molar-refractivity contribution < 1.29 is 0 Å². The van der Waals surface area contributed by atoms with Gasteiger partial charge in [0.25, 0.3) is 0 Å². The van der Waals surface area contributed by atoms with Gasteiger partial charge in [0.15, 0.2) is 0 Å². The van der Waals surface area contributed by atoms with E-state index >= 15 is 0 Å². The van der Waals surface area contributed by atoms with E-state index in [-0.39, 0.29) is 0 Å². The average Bonchev–Trinajstić information content (AvgIpc) is 2.55. The second-order valence-corrected chi connectivity index (χ2v) is 6.76. The minimum absolute atomic E-state index is 1.05. The monoisotopic (exact) mass is 318 g/mol. The Morgan fingerprint density at radius 3 is 2.00 bits per heavy atom.